The Bertz CT molecular complexity index is 661. The number of hydrogen-bond donors (Lipinski definition) is 0. The Labute approximate surface area is 121 Å². The minimum atomic E-state index is -0.568. The van der Waals surface area contributed by atoms with E-state index in [1.807, 2.05) is 25.1 Å². The summed E-state index contributed by atoms with van der Waals surface area (Å²) < 4.78 is 4.66. The first-order valence-electron chi connectivity index (χ1n) is 6.15. The van der Waals surface area contributed by atoms with E-state index >= 15 is 0 Å². The first-order valence-corrected chi connectivity index (χ1v) is 6.97. The topological polar surface area (TPSA) is 56.3 Å². The molecule has 0 fully saturated rings. The molecule has 0 bridgehead atoms. The molecule has 0 N–H and O–H groups in total. The molecule has 4 nitrogen and oxygen atoms in total. The second-order valence-corrected chi connectivity index (χ2v) is 5.58. The molecule has 0 unspecified atom stereocenters. The molecule has 1 heterocycles. The van der Waals surface area contributed by atoms with Gasteiger partial charge in [0.25, 0.3) is 0 Å². The number of nitrogens with zero attached hydrogens (tertiary/aromatic N) is 1. The van der Waals surface area contributed by atoms with Gasteiger partial charge in [-0.3, -0.25) is 4.79 Å². The van der Waals surface area contributed by atoms with Crippen molar-refractivity contribution in [3.63, 3.8) is 0 Å². The summed E-state index contributed by atoms with van der Waals surface area (Å²) in [4.78, 5) is 27.8. The Balaban J connectivity index is 2.34. The molecule has 0 aliphatic heterocycles. The second-order valence-electron chi connectivity index (χ2n) is 4.50. The maximum atomic E-state index is 11.6. The number of esters is 1. The molecule has 2 aromatic rings. The van der Waals surface area contributed by atoms with Crippen molar-refractivity contribution < 1.29 is 14.3 Å². The first kappa shape index (κ1) is 14.4. The van der Waals surface area contributed by atoms with Gasteiger partial charge in [-0.15, -0.1) is 11.3 Å². The lowest BCUT2D eigenvalue weighted by Gasteiger charge is -1.99. The Morgan fingerprint density at radius 3 is 2.70 bits per heavy atom. The van der Waals surface area contributed by atoms with Gasteiger partial charge in [-0.1, -0.05) is 29.8 Å². The molecule has 0 aliphatic carbocycles. The van der Waals surface area contributed by atoms with Crippen LogP contribution >= 0.6 is 11.3 Å². The molecule has 0 aliphatic rings. The molecule has 0 atom stereocenters. The van der Waals surface area contributed by atoms with Crippen molar-refractivity contribution in [1.82, 2.24) is 4.98 Å². The summed E-state index contributed by atoms with van der Waals surface area (Å²) in [6.45, 7) is 3.45. The SMILES string of the molecule is COC(=O)c1nc(Cc2cccc(C)c2)sc1C(C)=O. The molecule has 20 heavy (non-hydrogen) atoms. The highest BCUT2D eigenvalue weighted by Gasteiger charge is 2.21. The molecule has 2 rings (SSSR count). The van der Waals surface area contributed by atoms with Gasteiger partial charge in [0.05, 0.1) is 12.1 Å². The number of aryl methyl sites for hydroxylation is 1. The van der Waals surface area contributed by atoms with E-state index in [0.717, 1.165) is 10.6 Å². The first-order chi connectivity index (χ1) is 9.51. The number of thiazole rings is 1. The summed E-state index contributed by atoms with van der Waals surface area (Å²) >= 11 is 1.25. The smallest absolute Gasteiger partial charge is 0.358 e. The van der Waals surface area contributed by atoms with Gasteiger partial charge in [-0.05, 0) is 12.5 Å². The largest absolute Gasteiger partial charge is 0.464 e. The number of rotatable bonds is 4. The Kier molecular flexibility index (Phi) is 4.29. The van der Waals surface area contributed by atoms with E-state index in [1.165, 1.54) is 30.9 Å². The average Bonchev–Trinajstić information content (AvgIpc) is 2.82. The van der Waals surface area contributed by atoms with Crippen LogP contribution in [-0.2, 0) is 11.2 Å². The minimum Gasteiger partial charge on any atom is -0.464 e. The third-order valence-corrected chi connectivity index (χ3v) is 3.96. The number of Topliss-reactive ketones (excluding diaryl/α,β-unsaturated/α-hetero) is 1. The van der Waals surface area contributed by atoms with Crippen molar-refractivity contribution in [2.75, 3.05) is 7.11 Å². The third-order valence-electron chi connectivity index (χ3n) is 2.81. The standard InChI is InChI=1S/C15H15NO3S/c1-9-5-4-6-11(7-9)8-12-16-13(15(18)19-3)14(20-12)10(2)17/h4-7H,8H2,1-3H3. The van der Waals surface area contributed by atoms with Gasteiger partial charge >= 0.3 is 5.97 Å². The van der Waals surface area contributed by atoms with Crippen molar-refractivity contribution in [2.24, 2.45) is 0 Å². The molecule has 0 spiro atoms. The van der Waals surface area contributed by atoms with E-state index in [-0.39, 0.29) is 11.5 Å². The zero-order valence-electron chi connectivity index (χ0n) is 11.6. The second kappa shape index (κ2) is 5.96. The van der Waals surface area contributed by atoms with Crippen molar-refractivity contribution in [3.8, 4) is 0 Å². The Hall–Kier alpha value is -2.01. The number of carbonyl (C=O) groups excluding carboxylic acids is 2. The van der Waals surface area contributed by atoms with Gasteiger partial charge in [0.15, 0.2) is 11.5 Å². The molecule has 1 aromatic heterocycles. The lowest BCUT2D eigenvalue weighted by atomic mass is 10.1. The van der Waals surface area contributed by atoms with Gasteiger partial charge < -0.3 is 4.74 Å². The van der Waals surface area contributed by atoms with Crippen LogP contribution < -0.4 is 0 Å². The van der Waals surface area contributed by atoms with Crippen LogP contribution in [0.15, 0.2) is 24.3 Å². The van der Waals surface area contributed by atoms with E-state index in [2.05, 4.69) is 15.8 Å². The van der Waals surface area contributed by atoms with Gasteiger partial charge in [0.2, 0.25) is 0 Å². The molecular weight excluding hydrogens is 274 g/mol. The normalized spacial score (nSPS) is 10.3. The fourth-order valence-electron chi connectivity index (χ4n) is 1.91. The van der Waals surface area contributed by atoms with Crippen LogP contribution in [-0.4, -0.2) is 23.8 Å². The van der Waals surface area contributed by atoms with Gasteiger partial charge in [-0.2, -0.15) is 0 Å². The molecule has 1 aromatic carbocycles. The van der Waals surface area contributed by atoms with Crippen LogP contribution in [0.3, 0.4) is 0 Å². The average molecular weight is 289 g/mol. The van der Waals surface area contributed by atoms with E-state index in [1.54, 1.807) is 0 Å². The zero-order valence-corrected chi connectivity index (χ0v) is 12.4. The number of ether oxygens (including phenoxy) is 1. The summed E-state index contributed by atoms with van der Waals surface area (Å²) in [6, 6.07) is 8.06. The van der Waals surface area contributed by atoms with Gasteiger partial charge in [-0.25, -0.2) is 9.78 Å². The number of methoxy groups -OCH3 is 1. The lowest BCUT2D eigenvalue weighted by molar-refractivity contribution is 0.0591. The zero-order chi connectivity index (χ0) is 14.7. The number of hydrogen-bond acceptors (Lipinski definition) is 5. The molecule has 5 heteroatoms. The van der Waals surface area contributed by atoms with Crippen LogP contribution in [0.5, 0.6) is 0 Å². The molecule has 0 saturated carbocycles. The van der Waals surface area contributed by atoms with Crippen LogP contribution in [0.25, 0.3) is 0 Å². The highest BCUT2D eigenvalue weighted by Crippen LogP contribution is 2.23. The molecule has 0 saturated heterocycles. The number of carbonyl (C=O) groups is 2. The van der Waals surface area contributed by atoms with Crippen LogP contribution in [0.1, 0.15) is 43.2 Å². The summed E-state index contributed by atoms with van der Waals surface area (Å²) in [6.07, 6.45) is 0.601. The summed E-state index contributed by atoms with van der Waals surface area (Å²) in [5.74, 6) is -0.736. The van der Waals surface area contributed by atoms with Crippen LogP contribution in [0.4, 0.5) is 0 Å². The quantitative estimate of drug-likeness (QED) is 0.641. The molecule has 0 amide bonds. The maximum Gasteiger partial charge on any atom is 0.358 e. The summed E-state index contributed by atoms with van der Waals surface area (Å²) in [5, 5.41) is 0.737. The van der Waals surface area contributed by atoms with E-state index in [0.29, 0.717) is 11.3 Å². The number of aromatic nitrogens is 1. The predicted molar refractivity (Wildman–Crippen MR) is 77.4 cm³/mol. The lowest BCUT2D eigenvalue weighted by Crippen LogP contribution is -2.07. The number of benzene rings is 1. The van der Waals surface area contributed by atoms with Gasteiger partial charge in [0, 0.05) is 13.3 Å². The minimum absolute atomic E-state index is 0.118. The maximum absolute atomic E-state index is 11.6. The van der Waals surface area contributed by atoms with Crippen molar-refractivity contribution in [3.05, 3.63) is 51.0 Å². The van der Waals surface area contributed by atoms with Crippen LogP contribution in [0.2, 0.25) is 0 Å². The third kappa shape index (κ3) is 3.11. The van der Waals surface area contributed by atoms with Crippen molar-refractivity contribution in [2.45, 2.75) is 20.3 Å². The van der Waals surface area contributed by atoms with Crippen molar-refractivity contribution >= 4 is 23.1 Å². The van der Waals surface area contributed by atoms with Crippen molar-refractivity contribution in [1.29, 1.82) is 0 Å². The fraction of sp³-hybridized carbons (Fsp3) is 0.267. The summed E-state index contributed by atoms with van der Waals surface area (Å²) in [7, 11) is 1.28. The molecule has 0 radical (unpaired) electrons. The highest BCUT2D eigenvalue weighted by atomic mass is 32.1. The predicted octanol–water partition coefficient (Wildman–Crippen LogP) is 3.03. The Morgan fingerprint density at radius 2 is 2.10 bits per heavy atom. The molecule has 104 valence electrons. The van der Waals surface area contributed by atoms with Gasteiger partial charge in [0.1, 0.15) is 4.88 Å². The monoisotopic (exact) mass is 289 g/mol. The summed E-state index contributed by atoms with van der Waals surface area (Å²) in [5.41, 5.74) is 2.39. The molecular formula is C15H15NO3S. The van der Waals surface area contributed by atoms with E-state index in [4.69, 9.17) is 0 Å². The highest BCUT2D eigenvalue weighted by molar-refractivity contribution is 7.14. The fourth-order valence-corrected chi connectivity index (χ4v) is 2.89. The van der Waals surface area contributed by atoms with E-state index in [9.17, 15) is 9.59 Å². The van der Waals surface area contributed by atoms with E-state index < -0.39 is 5.97 Å². The van der Waals surface area contributed by atoms with Crippen LogP contribution in [0, 0.1) is 6.92 Å². The Morgan fingerprint density at radius 1 is 1.35 bits per heavy atom. The number of ketones is 1.